The first-order valence-corrected chi connectivity index (χ1v) is 6.58. The number of carbonyl (C=O) groups is 1. The molecule has 0 unspecified atom stereocenters. The van der Waals surface area contributed by atoms with Gasteiger partial charge >= 0.3 is 0 Å². The SMILES string of the molecule is Cc1ccc(C(=O)NCC2CC(O)C2)cc1Br. The van der Waals surface area contributed by atoms with Gasteiger partial charge in [0.15, 0.2) is 0 Å². The van der Waals surface area contributed by atoms with Crippen molar-refractivity contribution in [1.29, 1.82) is 0 Å². The van der Waals surface area contributed by atoms with Crippen LogP contribution in [-0.2, 0) is 0 Å². The van der Waals surface area contributed by atoms with Gasteiger partial charge in [-0.3, -0.25) is 4.79 Å². The van der Waals surface area contributed by atoms with Crippen molar-refractivity contribution in [1.82, 2.24) is 5.32 Å². The molecule has 17 heavy (non-hydrogen) atoms. The van der Waals surface area contributed by atoms with E-state index in [2.05, 4.69) is 21.2 Å². The zero-order valence-electron chi connectivity index (χ0n) is 9.74. The summed E-state index contributed by atoms with van der Waals surface area (Å²) in [6, 6.07) is 5.58. The Labute approximate surface area is 109 Å². The molecule has 1 aliphatic carbocycles. The standard InChI is InChI=1S/C13H16BrNO2/c1-8-2-3-10(6-12(8)14)13(17)15-7-9-4-11(16)5-9/h2-3,6,9,11,16H,4-5,7H2,1H3,(H,15,17). The second-order valence-corrected chi connectivity index (χ2v) is 5.52. The molecule has 1 saturated carbocycles. The van der Waals surface area contributed by atoms with Crippen molar-refractivity contribution in [3.05, 3.63) is 33.8 Å². The molecule has 0 spiro atoms. The molecule has 3 nitrogen and oxygen atoms in total. The average molecular weight is 298 g/mol. The van der Waals surface area contributed by atoms with Crippen LogP contribution in [0, 0.1) is 12.8 Å². The first-order chi connectivity index (χ1) is 8.06. The summed E-state index contributed by atoms with van der Waals surface area (Å²) < 4.78 is 0.948. The maximum Gasteiger partial charge on any atom is 0.251 e. The molecule has 0 heterocycles. The summed E-state index contributed by atoms with van der Waals surface area (Å²) in [7, 11) is 0. The average Bonchev–Trinajstić information content (AvgIpc) is 2.26. The molecular weight excluding hydrogens is 282 g/mol. The van der Waals surface area contributed by atoms with Crippen molar-refractivity contribution in [2.75, 3.05) is 6.54 Å². The summed E-state index contributed by atoms with van der Waals surface area (Å²) in [5.74, 6) is 0.384. The molecular formula is C13H16BrNO2. The summed E-state index contributed by atoms with van der Waals surface area (Å²) in [6.45, 7) is 2.64. The van der Waals surface area contributed by atoms with Gasteiger partial charge in [0.1, 0.15) is 0 Å². The minimum atomic E-state index is -0.162. The van der Waals surface area contributed by atoms with E-state index in [-0.39, 0.29) is 12.0 Å². The molecule has 1 aromatic carbocycles. The molecule has 2 rings (SSSR count). The van der Waals surface area contributed by atoms with Gasteiger partial charge in [0.25, 0.3) is 5.91 Å². The second kappa shape index (κ2) is 5.19. The highest BCUT2D eigenvalue weighted by molar-refractivity contribution is 9.10. The Balaban J connectivity index is 1.88. The van der Waals surface area contributed by atoms with E-state index in [9.17, 15) is 4.79 Å². The van der Waals surface area contributed by atoms with Crippen LogP contribution in [0.1, 0.15) is 28.8 Å². The summed E-state index contributed by atoms with van der Waals surface area (Å²) >= 11 is 3.41. The lowest BCUT2D eigenvalue weighted by Gasteiger charge is -2.31. The van der Waals surface area contributed by atoms with Gasteiger partial charge in [-0.25, -0.2) is 0 Å². The molecule has 1 fully saturated rings. The highest BCUT2D eigenvalue weighted by Crippen LogP contribution is 2.26. The minimum absolute atomic E-state index is 0.0490. The second-order valence-electron chi connectivity index (χ2n) is 4.67. The number of aliphatic hydroxyl groups excluding tert-OH is 1. The van der Waals surface area contributed by atoms with Crippen molar-refractivity contribution in [3.63, 3.8) is 0 Å². The van der Waals surface area contributed by atoms with Crippen molar-refractivity contribution in [3.8, 4) is 0 Å². The lowest BCUT2D eigenvalue weighted by Crippen LogP contribution is -2.38. The fourth-order valence-electron chi connectivity index (χ4n) is 1.94. The van der Waals surface area contributed by atoms with Crippen LogP contribution in [-0.4, -0.2) is 23.7 Å². The van der Waals surface area contributed by atoms with Gasteiger partial charge in [-0.05, 0) is 43.4 Å². The number of aryl methyl sites for hydroxylation is 1. The van der Waals surface area contributed by atoms with Crippen LogP contribution in [0.4, 0.5) is 0 Å². The number of hydrogen-bond donors (Lipinski definition) is 2. The lowest BCUT2D eigenvalue weighted by atomic mass is 9.82. The van der Waals surface area contributed by atoms with Crippen molar-refractivity contribution < 1.29 is 9.90 Å². The molecule has 0 aromatic heterocycles. The molecule has 0 radical (unpaired) electrons. The lowest BCUT2D eigenvalue weighted by molar-refractivity contribution is 0.0420. The quantitative estimate of drug-likeness (QED) is 0.899. The van der Waals surface area contributed by atoms with Crippen LogP contribution in [0.15, 0.2) is 22.7 Å². The number of carbonyl (C=O) groups excluding carboxylic acids is 1. The monoisotopic (exact) mass is 297 g/mol. The summed E-state index contributed by atoms with van der Waals surface area (Å²) in [5, 5.41) is 12.0. The van der Waals surface area contributed by atoms with E-state index in [1.165, 1.54) is 0 Å². The van der Waals surface area contributed by atoms with Crippen molar-refractivity contribution >= 4 is 21.8 Å². The summed E-state index contributed by atoms with van der Waals surface area (Å²) in [6.07, 6.45) is 1.45. The van der Waals surface area contributed by atoms with E-state index in [1.54, 1.807) is 0 Å². The Kier molecular flexibility index (Phi) is 3.84. The van der Waals surface area contributed by atoms with E-state index in [0.717, 1.165) is 22.9 Å². The van der Waals surface area contributed by atoms with Gasteiger partial charge in [0.2, 0.25) is 0 Å². The van der Waals surface area contributed by atoms with Crippen LogP contribution < -0.4 is 5.32 Å². The fourth-order valence-corrected chi connectivity index (χ4v) is 2.32. The largest absolute Gasteiger partial charge is 0.393 e. The van der Waals surface area contributed by atoms with Crippen LogP contribution in [0.3, 0.4) is 0 Å². The number of nitrogens with one attached hydrogen (secondary N) is 1. The molecule has 92 valence electrons. The topological polar surface area (TPSA) is 49.3 Å². The van der Waals surface area contributed by atoms with Gasteiger partial charge in [0, 0.05) is 16.6 Å². The first-order valence-electron chi connectivity index (χ1n) is 5.78. The normalized spacial score (nSPS) is 23.0. The van der Waals surface area contributed by atoms with Gasteiger partial charge in [-0.15, -0.1) is 0 Å². The first kappa shape index (κ1) is 12.6. The van der Waals surface area contributed by atoms with Gasteiger partial charge in [0.05, 0.1) is 6.10 Å². The molecule has 1 aromatic rings. The van der Waals surface area contributed by atoms with E-state index >= 15 is 0 Å². The third-order valence-electron chi connectivity index (χ3n) is 3.20. The smallest absolute Gasteiger partial charge is 0.251 e. The maximum atomic E-state index is 11.8. The van der Waals surface area contributed by atoms with Crippen LogP contribution in [0.5, 0.6) is 0 Å². The van der Waals surface area contributed by atoms with Gasteiger partial charge in [-0.2, -0.15) is 0 Å². The molecule has 0 atom stereocenters. The number of amides is 1. The van der Waals surface area contributed by atoms with Gasteiger partial charge in [-0.1, -0.05) is 22.0 Å². The van der Waals surface area contributed by atoms with E-state index in [1.807, 2.05) is 25.1 Å². The van der Waals surface area contributed by atoms with E-state index in [0.29, 0.717) is 18.0 Å². The summed E-state index contributed by atoms with van der Waals surface area (Å²) in [4.78, 5) is 11.8. The maximum absolute atomic E-state index is 11.8. The Hall–Kier alpha value is -0.870. The highest BCUT2D eigenvalue weighted by atomic mass is 79.9. The molecule has 0 bridgehead atoms. The molecule has 1 aliphatic rings. The van der Waals surface area contributed by atoms with Crippen LogP contribution >= 0.6 is 15.9 Å². The Morgan fingerprint density at radius 1 is 1.53 bits per heavy atom. The molecule has 4 heteroatoms. The number of halogens is 1. The Bertz CT molecular complexity index is 427. The minimum Gasteiger partial charge on any atom is -0.393 e. The zero-order valence-corrected chi connectivity index (χ0v) is 11.3. The molecule has 1 amide bonds. The third-order valence-corrected chi connectivity index (χ3v) is 4.05. The Morgan fingerprint density at radius 3 is 2.82 bits per heavy atom. The van der Waals surface area contributed by atoms with E-state index in [4.69, 9.17) is 5.11 Å². The van der Waals surface area contributed by atoms with E-state index < -0.39 is 0 Å². The van der Waals surface area contributed by atoms with Crippen LogP contribution in [0.2, 0.25) is 0 Å². The Morgan fingerprint density at radius 2 is 2.24 bits per heavy atom. The third kappa shape index (κ3) is 3.07. The molecule has 0 saturated heterocycles. The van der Waals surface area contributed by atoms with Crippen molar-refractivity contribution in [2.24, 2.45) is 5.92 Å². The number of aliphatic hydroxyl groups is 1. The summed E-state index contributed by atoms with van der Waals surface area (Å²) in [5.41, 5.74) is 1.78. The van der Waals surface area contributed by atoms with Crippen LogP contribution in [0.25, 0.3) is 0 Å². The predicted octanol–water partition coefficient (Wildman–Crippen LogP) is 2.26. The highest BCUT2D eigenvalue weighted by Gasteiger charge is 2.27. The predicted molar refractivity (Wildman–Crippen MR) is 69.9 cm³/mol. The van der Waals surface area contributed by atoms with Gasteiger partial charge < -0.3 is 10.4 Å². The zero-order chi connectivity index (χ0) is 12.4. The molecule has 2 N–H and O–H groups in total. The number of hydrogen-bond acceptors (Lipinski definition) is 2. The number of benzene rings is 1. The fraction of sp³-hybridized carbons (Fsp3) is 0.462. The molecule has 0 aliphatic heterocycles. The van der Waals surface area contributed by atoms with Crippen molar-refractivity contribution in [2.45, 2.75) is 25.9 Å². The number of rotatable bonds is 3.